The number of aliphatic hydroxyl groups is 1. The molecule has 0 aliphatic carbocycles. The van der Waals surface area contributed by atoms with Crippen LogP contribution < -0.4 is 5.32 Å². The Balaban J connectivity index is 2.67. The topological polar surface area (TPSA) is 86.6 Å². The van der Waals surface area contributed by atoms with Gasteiger partial charge >= 0.3 is 5.97 Å². The second-order valence-electron chi connectivity index (χ2n) is 3.55. The SMILES string of the molecule is O=C1CC(C(=O)O)=C(O)c2cc(I)ccc2N1. The summed E-state index contributed by atoms with van der Waals surface area (Å²) in [6.45, 7) is 0. The smallest absolute Gasteiger partial charge is 0.335 e. The first kappa shape index (κ1) is 11.9. The molecule has 0 saturated carbocycles. The molecule has 17 heavy (non-hydrogen) atoms. The summed E-state index contributed by atoms with van der Waals surface area (Å²) in [5.74, 6) is -2.09. The predicted octanol–water partition coefficient (Wildman–Crippen LogP) is 1.99. The van der Waals surface area contributed by atoms with E-state index in [2.05, 4.69) is 5.32 Å². The fraction of sp³-hybridized carbons (Fsp3) is 0.0909. The van der Waals surface area contributed by atoms with Gasteiger partial charge in [0.25, 0.3) is 0 Å². The zero-order valence-electron chi connectivity index (χ0n) is 8.53. The van der Waals surface area contributed by atoms with Crippen LogP contribution in [0, 0.1) is 3.57 Å². The van der Waals surface area contributed by atoms with Gasteiger partial charge < -0.3 is 15.5 Å². The van der Waals surface area contributed by atoms with Crippen LogP contribution in [0.1, 0.15) is 12.0 Å². The van der Waals surface area contributed by atoms with Crippen molar-refractivity contribution >= 4 is 45.9 Å². The molecule has 1 aliphatic rings. The summed E-state index contributed by atoms with van der Waals surface area (Å²) in [5, 5.41) is 21.4. The van der Waals surface area contributed by atoms with Crippen molar-refractivity contribution in [1.29, 1.82) is 0 Å². The minimum atomic E-state index is -1.29. The molecule has 0 radical (unpaired) electrons. The number of fused-ring (bicyclic) bond motifs is 1. The Hall–Kier alpha value is -1.57. The third-order valence-electron chi connectivity index (χ3n) is 2.39. The second-order valence-corrected chi connectivity index (χ2v) is 4.79. The first-order chi connectivity index (χ1) is 7.99. The van der Waals surface area contributed by atoms with Gasteiger partial charge in [-0.15, -0.1) is 0 Å². The van der Waals surface area contributed by atoms with E-state index in [4.69, 9.17) is 5.11 Å². The summed E-state index contributed by atoms with van der Waals surface area (Å²) < 4.78 is 0.841. The van der Waals surface area contributed by atoms with Crippen molar-refractivity contribution in [3.05, 3.63) is 32.9 Å². The molecule has 6 heteroatoms. The van der Waals surface area contributed by atoms with Gasteiger partial charge in [0, 0.05) is 9.13 Å². The molecule has 0 aromatic heterocycles. The number of halogens is 1. The second kappa shape index (κ2) is 4.36. The van der Waals surface area contributed by atoms with Crippen molar-refractivity contribution in [2.45, 2.75) is 6.42 Å². The molecule has 88 valence electrons. The van der Waals surface area contributed by atoms with Crippen LogP contribution in [0.2, 0.25) is 0 Å². The van der Waals surface area contributed by atoms with Crippen LogP contribution in [-0.4, -0.2) is 22.1 Å². The summed E-state index contributed by atoms with van der Waals surface area (Å²) in [7, 11) is 0. The molecule has 0 bridgehead atoms. The molecule has 1 aromatic rings. The van der Waals surface area contributed by atoms with E-state index in [-0.39, 0.29) is 17.8 Å². The molecule has 1 amide bonds. The maximum Gasteiger partial charge on any atom is 0.335 e. The molecule has 0 atom stereocenters. The van der Waals surface area contributed by atoms with E-state index in [1.807, 2.05) is 22.6 Å². The highest BCUT2D eigenvalue weighted by molar-refractivity contribution is 14.1. The zero-order valence-corrected chi connectivity index (χ0v) is 10.7. The van der Waals surface area contributed by atoms with Crippen LogP contribution in [-0.2, 0) is 9.59 Å². The normalized spacial score (nSPS) is 15.0. The number of aliphatic carboxylic acids is 1. The lowest BCUT2D eigenvalue weighted by molar-refractivity contribution is -0.133. The fourth-order valence-electron chi connectivity index (χ4n) is 1.60. The van der Waals surface area contributed by atoms with Gasteiger partial charge in [0.2, 0.25) is 5.91 Å². The summed E-state index contributed by atoms with van der Waals surface area (Å²) >= 11 is 2.04. The van der Waals surface area contributed by atoms with Crippen molar-refractivity contribution in [3.8, 4) is 0 Å². The Bertz CT molecular complexity index is 550. The Morgan fingerprint density at radius 2 is 2.12 bits per heavy atom. The van der Waals surface area contributed by atoms with Crippen molar-refractivity contribution in [1.82, 2.24) is 0 Å². The molecule has 0 saturated heterocycles. The standard InChI is InChI=1S/C11H8INO4/c12-5-1-2-8-6(3-5)10(15)7(11(16)17)4-9(14)13-8/h1-3,15H,4H2,(H,13,14)(H,16,17). The Morgan fingerprint density at radius 3 is 2.76 bits per heavy atom. The van der Waals surface area contributed by atoms with Crippen LogP contribution in [0.15, 0.2) is 23.8 Å². The van der Waals surface area contributed by atoms with E-state index in [0.717, 1.165) is 3.57 Å². The number of hydrogen-bond donors (Lipinski definition) is 3. The lowest BCUT2D eigenvalue weighted by atomic mass is 10.1. The fourth-order valence-corrected chi connectivity index (χ4v) is 2.09. The van der Waals surface area contributed by atoms with Gasteiger partial charge in [0.15, 0.2) is 0 Å². The maximum atomic E-state index is 11.5. The highest BCUT2D eigenvalue weighted by Gasteiger charge is 2.25. The Labute approximate surface area is 110 Å². The third kappa shape index (κ3) is 2.26. The predicted molar refractivity (Wildman–Crippen MR) is 69.6 cm³/mol. The Kier molecular flexibility index (Phi) is 3.05. The van der Waals surface area contributed by atoms with E-state index in [1.54, 1.807) is 18.2 Å². The summed E-state index contributed by atoms with van der Waals surface area (Å²) in [6, 6.07) is 5.02. The molecular weight excluding hydrogens is 337 g/mol. The van der Waals surface area contributed by atoms with Gasteiger partial charge in [0.05, 0.1) is 17.7 Å². The average Bonchev–Trinajstić information content (AvgIpc) is 2.38. The van der Waals surface area contributed by atoms with Gasteiger partial charge in [-0.25, -0.2) is 4.79 Å². The Morgan fingerprint density at radius 1 is 1.41 bits per heavy atom. The first-order valence-corrected chi connectivity index (χ1v) is 5.82. The number of aliphatic hydroxyl groups excluding tert-OH is 1. The van der Waals surface area contributed by atoms with Crippen molar-refractivity contribution in [2.75, 3.05) is 5.32 Å². The zero-order chi connectivity index (χ0) is 12.6. The summed E-state index contributed by atoms with van der Waals surface area (Å²) in [5.41, 5.74) is 0.465. The van der Waals surface area contributed by atoms with Gasteiger partial charge in [-0.3, -0.25) is 4.79 Å². The van der Waals surface area contributed by atoms with Gasteiger partial charge in [-0.2, -0.15) is 0 Å². The number of benzene rings is 1. The number of anilines is 1. The van der Waals surface area contributed by atoms with Crippen LogP contribution in [0.4, 0.5) is 5.69 Å². The van der Waals surface area contributed by atoms with Gasteiger partial charge in [-0.05, 0) is 40.8 Å². The van der Waals surface area contributed by atoms with Crippen LogP contribution >= 0.6 is 22.6 Å². The minimum absolute atomic E-state index is 0.289. The summed E-state index contributed by atoms with van der Waals surface area (Å²) in [6.07, 6.45) is -0.341. The summed E-state index contributed by atoms with van der Waals surface area (Å²) in [4.78, 5) is 22.4. The van der Waals surface area contributed by atoms with Crippen LogP contribution in [0.3, 0.4) is 0 Å². The number of hydrogen-bond acceptors (Lipinski definition) is 3. The monoisotopic (exact) mass is 345 g/mol. The van der Waals surface area contributed by atoms with Crippen molar-refractivity contribution in [2.24, 2.45) is 0 Å². The number of carbonyl (C=O) groups is 2. The van der Waals surface area contributed by atoms with E-state index in [1.165, 1.54) is 0 Å². The number of rotatable bonds is 1. The van der Waals surface area contributed by atoms with E-state index >= 15 is 0 Å². The number of carboxylic acids is 1. The number of amides is 1. The molecule has 1 heterocycles. The molecule has 2 rings (SSSR count). The minimum Gasteiger partial charge on any atom is -0.507 e. The van der Waals surface area contributed by atoms with E-state index < -0.39 is 11.9 Å². The molecule has 0 spiro atoms. The molecule has 3 N–H and O–H groups in total. The van der Waals surface area contributed by atoms with Gasteiger partial charge in [-0.1, -0.05) is 0 Å². The lowest BCUT2D eigenvalue weighted by Gasteiger charge is -2.07. The average molecular weight is 345 g/mol. The highest BCUT2D eigenvalue weighted by Crippen LogP contribution is 2.30. The largest absolute Gasteiger partial charge is 0.507 e. The highest BCUT2D eigenvalue weighted by atomic mass is 127. The maximum absolute atomic E-state index is 11.5. The number of nitrogens with one attached hydrogen (secondary N) is 1. The number of carboxylic acid groups (broad SMARTS) is 1. The van der Waals surface area contributed by atoms with E-state index in [0.29, 0.717) is 11.3 Å². The molecule has 0 fully saturated rings. The van der Waals surface area contributed by atoms with Crippen LogP contribution in [0.5, 0.6) is 0 Å². The van der Waals surface area contributed by atoms with Crippen molar-refractivity contribution < 1.29 is 19.8 Å². The first-order valence-electron chi connectivity index (χ1n) is 4.74. The van der Waals surface area contributed by atoms with E-state index in [9.17, 15) is 14.7 Å². The van der Waals surface area contributed by atoms with Crippen molar-refractivity contribution in [3.63, 3.8) is 0 Å². The third-order valence-corrected chi connectivity index (χ3v) is 3.06. The molecule has 1 aromatic carbocycles. The lowest BCUT2D eigenvalue weighted by Crippen LogP contribution is -2.13. The quantitative estimate of drug-likeness (QED) is 0.680. The molecule has 5 nitrogen and oxygen atoms in total. The molecule has 0 unspecified atom stereocenters. The molecular formula is C11H8INO4. The molecule has 1 aliphatic heterocycles. The van der Waals surface area contributed by atoms with Gasteiger partial charge in [0.1, 0.15) is 5.76 Å². The van der Waals surface area contributed by atoms with Crippen LogP contribution in [0.25, 0.3) is 5.76 Å². The number of carbonyl (C=O) groups excluding carboxylic acids is 1.